The van der Waals surface area contributed by atoms with E-state index in [0.29, 0.717) is 30.6 Å². The van der Waals surface area contributed by atoms with Gasteiger partial charge in [-0.25, -0.2) is 4.98 Å². The van der Waals surface area contributed by atoms with E-state index in [2.05, 4.69) is 10.3 Å². The maximum atomic E-state index is 12.9. The van der Waals surface area contributed by atoms with E-state index in [1.165, 1.54) is 12.8 Å². The standard InChI is InChI=1S/C20H30N4O3/c1-5-23(3)13(2)18(25)21-11-14-10-16-17(22-19(14)27-4)12-24(20(16)26)15-8-6-7-9-15/h10,13,15H,5-9,11-12H2,1-4H3,(H,21,25). The van der Waals surface area contributed by atoms with Gasteiger partial charge in [0, 0.05) is 18.2 Å². The second-order valence-corrected chi connectivity index (χ2v) is 7.49. The molecule has 2 aliphatic rings. The molecule has 27 heavy (non-hydrogen) atoms. The van der Waals surface area contributed by atoms with E-state index in [9.17, 15) is 9.59 Å². The Bertz CT molecular complexity index is 715. The molecular formula is C20H30N4O3. The van der Waals surface area contributed by atoms with Crippen LogP contribution in [-0.2, 0) is 17.9 Å². The minimum absolute atomic E-state index is 0.0544. The van der Waals surface area contributed by atoms with E-state index in [1.54, 1.807) is 7.11 Å². The molecular weight excluding hydrogens is 344 g/mol. The molecule has 1 atom stereocenters. The van der Waals surface area contributed by atoms with Crippen LogP contribution in [-0.4, -0.2) is 59.4 Å². The van der Waals surface area contributed by atoms with E-state index in [1.807, 2.05) is 36.8 Å². The van der Waals surface area contributed by atoms with Crippen molar-refractivity contribution in [2.75, 3.05) is 20.7 Å². The predicted molar refractivity (Wildman–Crippen MR) is 103 cm³/mol. The minimum Gasteiger partial charge on any atom is -0.481 e. The Morgan fingerprint density at radius 1 is 1.44 bits per heavy atom. The van der Waals surface area contributed by atoms with Crippen molar-refractivity contribution >= 4 is 11.8 Å². The summed E-state index contributed by atoms with van der Waals surface area (Å²) in [6.45, 7) is 5.53. The first-order valence-electron chi connectivity index (χ1n) is 9.82. The lowest BCUT2D eigenvalue weighted by Crippen LogP contribution is -2.42. The van der Waals surface area contributed by atoms with Gasteiger partial charge in [0.05, 0.1) is 31.0 Å². The maximum Gasteiger partial charge on any atom is 0.256 e. The number of nitrogens with one attached hydrogen (secondary N) is 1. The summed E-state index contributed by atoms with van der Waals surface area (Å²) in [6, 6.07) is 1.95. The number of amides is 2. The lowest BCUT2D eigenvalue weighted by Gasteiger charge is -2.22. The van der Waals surface area contributed by atoms with Crippen molar-refractivity contribution in [2.45, 2.75) is 64.7 Å². The number of likely N-dealkylation sites (N-methyl/N-ethyl adjacent to an activating group) is 1. The van der Waals surface area contributed by atoms with Crippen LogP contribution >= 0.6 is 0 Å². The SMILES string of the molecule is CCN(C)C(C)C(=O)NCc1cc2c(nc1OC)CN(C1CCCC1)C2=O. The molecule has 1 unspecified atom stereocenters. The molecule has 1 aromatic rings. The molecule has 0 bridgehead atoms. The second-order valence-electron chi connectivity index (χ2n) is 7.49. The van der Waals surface area contributed by atoms with Crippen LogP contribution in [0.4, 0.5) is 0 Å². The van der Waals surface area contributed by atoms with Crippen LogP contribution < -0.4 is 10.1 Å². The zero-order valence-corrected chi connectivity index (χ0v) is 16.7. The first-order chi connectivity index (χ1) is 13.0. The summed E-state index contributed by atoms with van der Waals surface area (Å²) in [5.41, 5.74) is 2.15. The van der Waals surface area contributed by atoms with E-state index in [4.69, 9.17) is 4.74 Å². The number of hydrogen-bond acceptors (Lipinski definition) is 5. The molecule has 1 aromatic heterocycles. The highest BCUT2D eigenvalue weighted by Crippen LogP contribution is 2.33. The molecule has 0 saturated heterocycles. The number of rotatable bonds is 7. The number of aromatic nitrogens is 1. The summed E-state index contributed by atoms with van der Waals surface area (Å²) in [4.78, 5) is 33.7. The fourth-order valence-electron chi connectivity index (χ4n) is 3.89. The third kappa shape index (κ3) is 3.93. The Morgan fingerprint density at radius 3 is 2.78 bits per heavy atom. The van der Waals surface area contributed by atoms with Crippen molar-refractivity contribution in [3.63, 3.8) is 0 Å². The second kappa shape index (κ2) is 8.25. The van der Waals surface area contributed by atoms with Crippen molar-refractivity contribution in [1.82, 2.24) is 20.1 Å². The van der Waals surface area contributed by atoms with Gasteiger partial charge in [-0.2, -0.15) is 0 Å². The van der Waals surface area contributed by atoms with Crippen LogP contribution in [0.2, 0.25) is 0 Å². The first kappa shape index (κ1) is 19.6. The largest absolute Gasteiger partial charge is 0.481 e. The highest BCUT2D eigenvalue weighted by molar-refractivity contribution is 5.98. The Balaban J connectivity index is 1.74. The number of ether oxygens (including phenoxy) is 1. The molecule has 3 rings (SSSR count). The van der Waals surface area contributed by atoms with Gasteiger partial charge in [0.2, 0.25) is 11.8 Å². The molecule has 0 radical (unpaired) electrons. The number of methoxy groups -OCH3 is 1. The third-order valence-electron chi connectivity index (χ3n) is 5.90. The van der Waals surface area contributed by atoms with E-state index in [0.717, 1.165) is 30.6 Å². The van der Waals surface area contributed by atoms with Gasteiger partial charge in [-0.05, 0) is 39.4 Å². The number of pyridine rings is 1. The maximum absolute atomic E-state index is 12.9. The van der Waals surface area contributed by atoms with Gasteiger partial charge >= 0.3 is 0 Å². The minimum atomic E-state index is -0.220. The quantitative estimate of drug-likeness (QED) is 0.790. The zero-order chi connectivity index (χ0) is 19.6. The number of nitrogens with zero attached hydrogens (tertiary/aromatic N) is 3. The fourth-order valence-corrected chi connectivity index (χ4v) is 3.89. The lowest BCUT2D eigenvalue weighted by atomic mass is 10.1. The monoisotopic (exact) mass is 374 g/mol. The summed E-state index contributed by atoms with van der Waals surface area (Å²) < 4.78 is 5.43. The summed E-state index contributed by atoms with van der Waals surface area (Å²) >= 11 is 0. The molecule has 148 valence electrons. The molecule has 1 N–H and O–H groups in total. The van der Waals surface area contributed by atoms with Crippen molar-refractivity contribution in [3.8, 4) is 5.88 Å². The van der Waals surface area contributed by atoms with Gasteiger partial charge in [-0.1, -0.05) is 19.8 Å². The van der Waals surface area contributed by atoms with Crippen LogP contribution in [0.15, 0.2) is 6.07 Å². The summed E-state index contributed by atoms with van der Waals surface area (Å²) in [5.74, 6) is 0.478. The van der Waals surface area contributed by atoms with Gasteiger partial charge in [-0.15, -0.1) is 0 Å². The van der Waals surface area contributed by atoms with Gasteiger partial charge in [-0.3, -0.25) is 14.5 Å². The van der Waals surface area contributed by atoms with E-state index in [-0.39, 0.29) is 17.9 Å². The number of hydrogen-bond donors (Lipinski definition) is 1. The highest BCUT2D eigenvalue weighted by atomic mass is 16.5. The Kier molecular flexibility index (Phi) is 5.99. The van der Waals surface area contributed by atoms with Crippen LogP contribution in [0.3, 0.4) is 0 Å². The van der Waals surface area contributed by atoms with Gasteiger partial charge < -0.3 is 15.0 Å². The average Bonchev–Trinajstić information content (AvgIpc) is 3.32. The first-order valence-corrected chi connectivity index (χ1v) is 9.82. The molecule has 0 aromatic carbocycles. The summed E-state index contributed by atoms with van der Waals surface area (Å²) in [6.07, 6.45) is 4.51. The van der Waals surface area contributed by atoms with Crippen molar-refractivity contribution in [1.29, 1.82) is 0 Å². The molecule has 1 fully saturated rings. The lowest BCUT2D eigenvalue weighted by molar-refractivity contribution is -0.125. The molecule has 2 amide bonds. The summed E-state index contributed by atoms with van der Waals surface area (Å²) in [7, 11) is 3.48. The Morgan fingerprint density at radius 2 is 2.15 bits per heavy atom. The molecule has 7 nitrogen and oxygen atoms in total. The van der Waals surface area contributed by atoms with Gasteiger partial charge in [0.15, 0.2) is 0 Å². The summed E-state index contributed by atoms with van der Waals surface area (Å²) in [5, 5.41) is 2.94. The molecule has 1 aliphatic heterocycles. The number of carbonyl (C=O) groups excluding carboxylic acids is 2. The number of carbonyl (C=O) groups is 2. The van der Waals surface area contributed by atoms with Crippen LogP contribution in [0.25, 0.3) is 0 Å². The van der Waals surface area contributed by atoms with Gasteiger partial charge in [0.1, 0.15) is 0 Å². The van der Waals surface area contributed by atoms with Crippen LogP contribution in [0, 0.1) is 0 Å². The Hall–Kier alpha value is -2.15. The number of fused-ring (bicyclic) bond motifs is 1. The van der Waals surface area contributed by atoms with Crippen molar-refractivity contribution in [2.24, 2.45) is 0 Å². The zero-order valence-electron chi connectivity index (χ0n) is 16.7. The van der Waals surface area contributed by atoms with Crippen LogP contribution in [0.5, 0.6) is 5.88 Å². The Labute approximate surface area is 161 Å². The smallest absolute Gasteiger partial charge is 0.256 e. The normalized spacial score (nSPS) is 18.1. The van der Waals surface area contributed by atoms with E-state index >= 15 is 0 Å². The highest BCUT2D eigenvalue weighted by Gasteiger charge is 2.36. The average molecular weight is 374 g/mol. The van der Waals surface area contributed by atoms with E-state index < -0.39 is 0 Å². The fraction of sp³-hybridized carbons (Fsp3) is 0.650. The molecule has 0 spiro atoms. The molecule has 2 heterocycles. The predicted octanol–water partition coefficient (Wildman–Crippen LogP) is 1.94. The van der Waals surface area contributed by atoms with Crippen molar-refractivity contribution in [3.05, 3.63) is 22.9 Å². The molecule has 1 saturated carbocycles. The van der Waals surface area contributed by atoms with Gasteiger partial charge in [0.25, 0.3) is 5.91 Å². The topological polar surface area (TPSA) is 74.8 Å². The van der Waals surface area contributed by atoms with Crippen LogP contribution in [0.1, 0.15) is 61.1 Å². The van der Waals surface area contributed by atoms with Crippen molar-refractivity contribution < 1.29 is 14.3 Å². The third-order valence-corrected chi connectivity index (χ3v) is 5.90. The molecule has 7 heteroatoms. The molecule has 1 aliphatic carbocycles.